The van der Waals surface area contributed by atoms with Crippen LogP contribution in [0.4, 0.5) is 5.00 Å². The Kier molecular flexibility index (Phi) is 5.05. The molecule has 1 amide bonds. The molecule has 3 aromatic heterocycles. The SMILES string of the molecule is COc1ccc(C(=O)Nc2ccc(-c3nc4cnccc4o3)s2)c(OC)c1OC. The quantitative estimate of drug-likeness (QED) is 0.507. The average molecular weight is 411 g/mol. The Morgan fingerprint density at radius 2 is 1.86 bits per heavy atom. The lowest BCUT2D eigenvalue weighted by atomic mass is 10.1. The zero-order valence-electron chi connectivity index (χ0n) is 15.9. The van der Waals surface area contributed by atoms with E-state index in [9.17, 15) is 4.79 Å². The second-order valence-corrected chi connectivity index (χ2v) is 6.95. The van der Waals surface area contributed by atoms with Crippen LogP contribution in [0.15, 0.2) is 47.1 Å². The van der Waals surface area contributed by atoms with Gasteiger partial charge in [0.1, 0.15) is 5.52 Å². The van der Waals surface area contributed by atoms with Crippen LogP contribution in [0.5, 0.6) is 17.2 Å². The maximum atomic E-state index is 12.8. The van der Waals surface area contributed by atoms with E-state index in [2.05, 4.69) is 15.3 Å². The van der Waals surface area contributed by atoms with E-state index in [1.54, 1.807) is 36.7 Å². The van der Waals surface area contributed by atoms with Crippen LogP contribution < -0.4 is 19.5 Å². The van der Waals surface area contributed by atoms with E-state index in [-0.39, 0.29) is 5.91 Å². The number of hydrogen-bond donors (Lipinski definition) is 1. The van der Waals surface area contributed by atoms with Gasteiger partial charge in [-0.1, -0.05) is 0 Å². The monoisotopic (exact) mass is 411 g/mol. The average Bonchev–Trinajstić information content (AvgIpc) is 3.38. The van der Waals surface area contributed by atoms with Gasteiger partial charge < -0.3 is 23.9 Å². The first kappa shape index (κ1) is 18.8. The van der Waals surface area contributed by atoms with Crippen LogP contribution >= 0.6 is 11.3 Å². The summed E-state index contributed by atoms with van der Waals surface area (Å²) in [6.07, 6.45) is 3.29. The van der Waals surface area contributed by atoms with E-state index >= 15 is 0 Å². The minimum Gasteiger partial charge on any atom is -0.493 e. The van der Waals surface area contributed by atoms with Crippen molar-refractivity contribution in [2.24, 2.45) is 0 Å². The van der Waals surface area contributed by atoms with Gasteiger partial charge in [0, 0.05) is 12.3 Å². The first-order chi connectivity index (χ1) is 14.1. The number of anilines is 1. The molecule has 8 nitrogen and oxygen atoms in total. The number of pyridine rings is 1. The number of nitrogens with one attached hydrogen (secondary N) is 1. The first-order valence-corrected chi connectivity index (χ1v) is 9.37. The number of ether oxygens (including phenoxy) is 3. The van der Waals surface area contributed by atoms with Gasteiger partial charge in [0.25, 0.3) is 5.91 Å². The molecule has 0 radical (unpaired) electrons. The molecule has 29 heavy (non-hydrogen) atoms. The van der Waals surface area contributed by atoms with E-state index in [1.165, 1.54) is 32.7 Å². The number of fused-ring (bicyclic) bond motifs is 1. The minimum absolute atomic E-state index is 0.299. The summed E-state index contributed by atoms with van der Waals surface area (Å²) in [5.41, 5.74) is 1.66. The second-order valence-electron chi connectivity index (χ2n) is 5.86. The summed E-state index contributed by atoms with van der Waals surface area (Å²) in [7, 11) is 4.48. The van der Waals surface area contributed by atoms with Gasteiger partial charge in [-0.15, -0.1) is 11.3 Å². The molecule has 0 fully saturated rings. The second kappa shape index (κ2) is 7.80. The summed E-state index contributed by atoms with van der Waals surface area (Å²) in [4.78, 5) is 22.1. The van der Waals surface area contributed by atoms with Crippen LogP contribution in [0.2, 0.25) is 0 Å². The van der Waals surface area contributed by atoms with Crippen molar-refractivity contribution in [1.29, 1.82) is 0 Å². The third-order valence-corrected chi connectivity index (χ3v) is 5.18. The summed E-state index contributed by atoms with van der Waals surface area (Å²) in [6.45, 7) is 0. The summed E-state index contributed by atoms with van der Waals surface area (Å²) in [5, 5.41) is 3.51. The smallest absolute Gasteiger partial charge is 0.260 e. The zero-order valence-corrected chi connectivity index (χ0v) is 16.7. The first-order valence-electron chi connectivity index (χ1n) is 8.55. The van der Waals surface area contributed by atoms with Crippen LogP contribution in [-0.4, -0.2) is 37.2 Å². The van der Waals surface area contributed by atoms with E-state index < -0.39 is 0 Å². The molecule has 9 heteroatoms. The lowest BCUT2D eigenvalue weighted by Crippen LogP contribution is -2.13. The fourth-order valence-corrected chi connectivity index (χ4v) is 3.69. The van der Waals surface area contributed by atoms with Crippen LogP contribution in [-0.2, 0) is 0 Å². The van der Waals surface area contributed by atoms with Crippen LogP contribution in [0, 0.1) is 0 Å². The number of aromatic nitrogens is 2. The van der Waals surface area contributed by atoms with Crippen LogP contribution in [0.1, 0.15) is 10.4 Å². The van der Waals surface area contributed by atoms with Crippen molar-refractivity contribution in [3.63, 3.8) is 0 Å². The van der Waals surface area contributed by atoms with E-state index in [0.29, 0.717) is 44.8 Å². The molecule has 148 valence electrons. The fourth-order valence-electron chi connectivity index (χ4n) is 2.86. The summed E-state index contributed by atoms with van der Waals surface area (Å²) >= 11 is 1.35. The highest BCUT2D eigenvalue weighted by molar-refractivity contribution is 7.19. The minimum atomic E-state index is -0.335. The number of thiophene rings is 1. The summed E-state index contributed by atoms with van der Waals surface area (Å²) in [5.74, 6) is 1.27. The topological polar surface area (TPSA) is 95.7 Å². The van der Waals surface area contributed by atoms with Gasteiger partial charge in [-0.3, -0.25) is 9.78 Å². The van der Waals surface area contributed by atoms with E-state index in [1.807, 2.05) is 6.07 Å². The Hall–Kier alpha value is -3.59. The number of methoxy groups -OCH3 is 3. The highest BCUT2D eigenvalue weighted by Crippen LogP contribution is 2.40. The molecule has 0 aliphatic carbocycles. The van der Waals surface area contributed by atoms with E-state index in [4.69, 9.17) is 18.6 Å². The van der Waals surface area contributed by atoms with Gasteiger partial charge in [-0.05, 0) is 24.3 Å². The Balaban J connectivity index is 1.60. The summed E-state index contributed by atoms with van der Waals surface area (Å²) < 4.78 is 21.7. The number of oxazole rings is 1. The Labute approximate surface area is 170 Å². The molecule has 4 rings (SSSR count). The van der Waals surface area contributed by atoms with Gasteiger partial charge in [-0.25, -0.2) is 4.98 Å². The van der Waals surface area contributed by atoms with Crippen molar-refractivity contribution >= 4 is 33.3 Å². The number of amides is 1. The van der Waals surface area contributed by atoms with Crippen molar-refractivity contribution in [2.75, 3.05) is 26.6 Å². The highest BCUT2D eigenvalue weighted by Gasteiger charge is 2.21. The van der Waals surface area contributed by atoms with Gasteiger partial charge in [0.05, 0.1) is 43.0 Å². The zero-order chi connectivity index (χ0) is 20.4. The van der Waals surface area contributed by atoms with Crippen LogP contribution in [0.3, 0.4) is 0 Å². The van der Waals surface area contributed by atoms with Crippen molar-refractivity contribution in [2.45, 2.75) is 0 Å². The molecule has 0 spiro atoms. The lowest BCUT2D eigenvalue weighted by Gasteiger charge is -2.15. The molecule has 3 heterocycles. The Morgan fingerprint density at radius 3 is 2.59 bits per heavy atom. The fraction of sp³-hybridized carbons (Fsp3) is 0.150. The Bertz CT molecular complexity index is 1150. The van der Waals surface area contributed by atoms with Crippen molar-refractivity contribution in [3.8, 4) is 28.0 Å². The Morgan fingerprint density at radius 1 is 1.03 bits per heavy atom. The molecular formula is C20H17N3O5S. The van der Waals surface area contributed by atoms with Crippen molar-refractivity contribution in [1.82, 2.24) is 9.97 Å². The molecule has 0 unspecified atom stereocenters. The molecule has 4 aromatic rings. The predicted molar refractivity (Wildman–Crippen MR) is 109 cm³/mol. The molecular weight excluding hydrogens is 394 g/mol. The largest absolute Gasteiger partial charge is 0.493 e. The maximum absolute atomic E-state index is 12.8. The van der Waals surface area contributed by atoms with Crippen molar-refractivity contribution in [3.05, 3.63) is 48.3 Å². The van der Waals surface area contributed by atoms with Gasteiger partial charge in [0.2, 0.25) is 11.6 Å². The number of rotatable bonds is 6. The number of carbonyl (C=O) groups is 1. The van der Waals surface area contributed by atoms with E-state index in [0.717, 1.165) is 4.88 Å². The number of hydrogen-bond acceptors (Lipinski definition) is 8. The number of carbonyl (C=O) groups excluding carboxylic acids is 1. The van der Waals surface area contributed by atoms with Crippen LogP contribution in [0.25, 0.3) is 21.9 Å². The van der Waals surface area contributed by atoms with Gasteiger partial charge >= 0.3 is 0 Å². The number of benzene rings is 1. The maximum Gasteiger partial charge on any atom is 0.260 e. The molecule has 0 bridgehead atoms. The lowest BCUT2D eigenvalue weighted by molar-refractivity contribution is 0.102. The molecule has 0 aliphatic heterocycles. The standard InChI is InChI=1S/C20H17N3O5S/c1-25-14-5-4-11(17(26-2)18(14)27-3)19(24)23-16-7-6-15(29-16)20-22-12-10-21-9-8-13(12)28-20/h4-10H,1-3H3,(H,23,24). The normalized spacial score (nSPS) is 10.7. The molecule has 1 aromatic carbocycles. The molecule has 0 saturated carbocycles. The van der Waals surface area contributed by atoms with Crippen molar-refractivity contribution < 1.29 is 23.4 Å². The highest BCUT2D eigenvalue weighted by atomic mass is 32.1. The molecule has 0 aliphatic rings. The van der Waals surface area contributed by atoms with Gasteiger partial charge in [-0.2, -0.15) is 0 Å². The third kappa shape index (κ3) is 3.47. The predicted octanol–water partition coefficient (Wildman–Crippen LogP) is 4.23. The third-order valence-electron chi connectivity index (χ3n) is 4.19. The molecule has 0 atom stereocenters. The summed E-state index contributed by atoms with van der Waals surface area (Å²) in [6, 6.07) is 8.66. The van der Waals surface area contributed by atoms with Gasteiger partial charge in [0.15, 0.2) is 17.1 Å². The molecule has 1 N–H and O–H groups in total. The molecule has 0 saturated heterocycles. The number of nitrogens with zero attached hydrogens (tertiary/aromatic N) is 2.